The minimum Gasteiger partial charge on any atom is -0.480 e. The Morgan fingerprint density at radius 3 is 2.54 bits per heavy atom. The first-order valence-corrected chi connectivity index (χ1v) is 15.5. The normalized spacial score (nSPS) is 25.1. The van der Waals surface area contributed by atoms with E-state index in [0.717, 1.165) is 71.4 Å². The molecule has 3 saturated heterocycles. The van der Waals surface area contributed by atoms with Crippen molar-refractivity contribution < 1.29 is 19.1 Å². The predicted octanol–water partition coefficient (Wildman–Crippen LogP) is 5.37. The number of carbonyl (C=O) groups excluding carboxylic acids is 2. The summed E-state index contributed by atoms with van der Waals surface area (Å²) in [6.45, 7) is 7.42. The Morgan fingerprint density at radius 1 is 1.10 bits per heavy atom. The maximum atomic E-state index is 13.2. The van der Waals surface area contributed by atoms with Crippen molar-refractivity contribution in [2.45, 2.75) is 95.6 Å². The number of likely N-dealkylation sites (tertiary alicyclic amines) is 2. The molecule has 0 radical (unpaired) electrons. The van der Waals surface area contributed by atoms with E-state index in [1.807, 2.05) is 4.90 Å². The molecule has 3 aliphatic heterocycles. The van der Waals surface area contributed by atoms with Crippen LogP contribution in [-0.4, -0.2) is 89.7 Å². The molecule has 216 valence electrons. The molecule has 2 amide bonds. The summed E-state index contributed by atoms with van der Waals surface area (Å²) in [6.07, 6.45) is 15.3. The molecule has 0 aromatic carbocycles. The van der Waals surface area contributed by atoms with Crippen molar-refractivity contribution in [2.75, 3.05) is 46.4 Å². The summed E-state index contributed by atoms with van der Waals surface area (Å²) in [4.78, 5) is 37.1. The highest BCUT2D eigenvalue weighted by atomic mass is 16.6. The van der Waals surface area contributed by atoms with Gasteiger partial charge in [0.2, 0.25) is 5.88 Å². The number of methoxy groups -OCH3 is 1. The fourth-order valence-electron chi connectivity index (χ4n) is 7.56. The minimum absolute atomic E-state index is 0.00154. The first-order valence-electron chi connectivity index (χ1n) is 15.5. The van der Waals surface area contributed by atoms with Crippen LogP contribution in [0.2, 0.25) is 0 Å². The number of amides is 2. The third kappa shape index (κ3) is 6.36. The molecule has 1 aromatic heterocycles. The van der Waals surface area contributed by atoms with Crippen molar-refractivity contribution in [1.82, 2.24) is 19.7 Å². The van der Waals surface area contributed by atoms with Gasteiger partial charge in [-0.25, -0.2) is 9.78 Å². The number of unbranched alkanes of at least 4 members (excludes halogenated alkanes) is 1. The lowest BCUT2D eigenvalue weighted by molar-refractivity contribution is -0.127. The first kappa shape index (κ1) is 28.2. The lowest BCUT2D eigenvalue weighted by Crippen LogP contribution is -2.61. The van der Waals surface area contributed by atoms with Gasteiger partial charge in [0, 0.05) is 70.3 Å². The molecule has 1 spiro atoms. The molecule has 8 heteroatoms. The average molecular weight is 541 g/mol. The number of ether oxygens (including phenoxy) is 2. The number of piperidine rings is 2. The fourth-order valence-corrected chi connectivity index (χ4v) is 7.56. The Bertz CT molecular complexity index is 965. The number of hydrogen-bond donors (Lipinski definition) is 0. The molecule has 1 atom stereocenters. The van der Waals surface area contributed by atoms with E-state index in [2.05, 4.69) is 21.7 Å². The quantitative estimate of drug-likeness (QED) is 0.441. The van der Waals surface area contributed by atoms with E-state index in [-0.39, 0.29) is 17.6 Å². The lowest BCUT2D eigenvalue weighted by atomic mass is 9.75. The maximum absolute atomic E-state index is 13.2. The summed E-state index contributed by atoms with van der Waals surface area (Å²) >= 11 is 0. The van der Waals surface area contributed by atoms with Crippen LogP contribution in [0.1, 0.15) is 94.3 Å². The first-order chi connectivity index (χ1) is 19.0. The van der Waals surface area contributed by atoms with Crippen molar-refractivity contribution in [2.24, 2.45) is 11.8 Å². The van der Waals surface area contributed by atoms with Crippen molar-refractivity contribution in [3.63, 3.8) is 0 Å². The maximum Gasteiger partial charge on any atom is 0.410 e. The van der Waals surface area contributed by atoms with Crippen LogP contribution in [0.15, 0.2) is 18.3 Å². The summed E-state index contributed by atoms with van der Waals surface area (Å²) in [5, 5.41) is 0. The number of nitrogens with zero attached hydrogens (tertiary/aromatic N) is 4. The van der Waals surface area contributed by atoms with E-state index in [0.29, 0.717) is 29.3 Å². The second-order valence-corrected chi connectivity index (χ2v) is 12.3. The molecule has 1 saturated carbocycles. The minimum atomic E-state index is -0.306. The van der Waals surface area contributed by atoms with Crippen LogP contribution in [0.5, 0.6) is 5.88 Å². The van der Waals surface area contributed by atoms with Crippen LogP contribution in [0.4, 0.5) is 4.79 Å². The molecular weight excluding hydrogens is 492 g/mol. The average Bonchev–Trinajstić information content (AvgIpc) is 2.98. The molecule has 1 aliphatic carbocycles. The molecule has 4 aliphatic rings. The van der Waals surface area contributed by atoms with Crippen LogP contribution in [-0.2, 0) is 4.74 Å². The van der Waals surface area contributed by atoms with Crippen molar-refractivity contribution in [3.05, 3.63) is 23.9 Å². The second kappa shape index (κ2) is 12.9. The number of rotatable bonds is 8. The molecule has 8 nitrogen and oxygen atoms in total. The van der Waals surface area contributed by atoms with Gasteiger partial charge in [-0.1, -0.05) is 39.0 Å². The molecular formula is C31H48N4O4. The molecule has 4 fully saturated rings. The Kier molecular flexibility index (Phi) is 9.31. The summed E-state index contributed by atoms with van der Waals surface area (Å²) < 4.78 is 11.7. The van der Waals surface area contributed by atoms with E-state index < -0.39 is 0 Å². The van der Waals surface area contributed by atoms with E-state index in [1.165, 1.54) is 44.9 Å². The van der Waals surface area contributed by atoms with Gasteiger partial charge in [0.05, 0.1) is 7.11 Å². The van der Waals surface area contributed by atoms with Gasteiger partial charge in [-0.2, -0.15) is 0 Å². The van der Waals surface area contributed by atoms with Crippen LogP contribution >= 0.6 is 0 Å². The standard InChI is InChI=1S/C31H48N4O4/c1-3-4-11-25-23-35(22-24-9-6-5-7-10-24)30(37)39-31(25)15-20-33(21-16-31)26-13-18-34(19-14-26)29(36)27-12-8-17-32-28(27)38-2/h8,12,17,24-26H,3-7,9-11,13-16,18-23H2,1-2H3. The summed E-state index contributed by atoms with van der Waals surface area (Å²) in [7, 11) is 1.55. The van der Waals surface area contributed by atoms with Gasteiger partial charge in [0.1, 0.15) is 11.2 Å². The largest absolute Gasteiger partial charge is 0.480 e. The highest BCUT2D eigenvalue weighted by Gasteiger charge is 2.50. The van der Waals surface area contributed by atoms with Crippen LogP contribution in [0, 0.1) is 11.8 Å². The Morgan fingerprint density at radius 2 is 1.85 bits per heavy atom. The van der Waals surface area contributed by atoms with E-state index in [1.54, 1.807) is 25.4 Å². The summed E-state index contributed by atoms with van der Waals surface area (Å²) in [5.74, 6) is 1.46. The van der Waals surface area contributed by atoms with Gasteiger partial charge in [-0.05, 0) is 50.2 Å². The molecule has 1 unspecified atom stereocenters. The Labute approximate surface area is 234 Å². The summed E-state index contributed by atoms with van der Waals surface area (Å²) in [6, 6.07) is 4.05. The van der Waals surface area contributed by atoms with Crippen LogP contribution in [0.25, 0.3) is 0 Å². The SMILES string of the molecule is CCCCC1CN(CC2CCCCC2)C(=O)OC12CCN(C1CCN(C(=O)c3cccnc3OC)CC1)CC2. The van der Waals surface area contributed by atoms with Crippen LogP contribution in [0.3, 0.4) is 0 Å². The Balaban J connectivity index is 1.15. The highest BCUT2D eigenvalue weighted by molar-refractivity contribution is 5.96. The smallest absolute Gasteiger partial charge is 0.410 e. The predicted molar refractivity (Wildman–Crippen MR) is 151 cm³/mol. The van der Waals surface area contributed by atoms with Gasteiger partial charge < -0.3 is 19.3 Å². The molecule has 0 N–H and O–H groups in total. The van der Waals surface area contributed by atoms with Gasteiger partial charge in [-0.15, -0.1) is 0 Å². The number of pyridine rings is 1. The van der Waals surface area contributed by atoms with Gasteiger partial charge in [0.25, 0.3) is 5.91 Å². The third-order valence-electron chi connectivity index (χ3n) is 9.95. The highest BCUT2D eigenvalue weighted by Crippen LogP contribution is 2.42. The van der Waals surface area contributed by atoms with E-state index in [4.69, 9.17) is 9.47 Å². The lowest BCUT2D eigenvalue weighted by Gasteiger charge is -2.52. The second-order valence-electron chi connectivity index (χ2n) is 12.3. The van der Waals surface area contributed by atoms with Crippen molar-refractivity contribution in [3.8, 4) is 5.88 Å². The topological polar surface area (TPSA) is 75.2 Å². The van der Waals surface area contributed by atoms with Gasteiger partial charge in [-0.3, -0.25) is 9.69 Å². The summed E-state index contributed by atoms with van der Waals surface area (Å²) in [5.41, 5.74) is 0.229. The van der Waals surface area contributed by atoms with Gasteiger partial charge in [0.15, 0.2) is 0 Å². The molecule has 4 heterocycles. The number of aromatic nitrogens is 1. The van der Waals surface area contributed by atoms with E-state index in [9.17, 15) is 9.59 Å². The monoisotopic (exact) mass is 540 g/mol. The number of carbonyl (C=O) groups is 2. The third-order valence-corrected chi connectivity index (χ3v) is 9.95. The molecule has 39 heavy (non-hydrogen) atoms. The molecule has 5 rings (SSSR count). The molecule has 0 bridgehead atoms. The van der Waals surface area contributed by atoms with Crippen molar-refractivity contribution in [1.29, 1.82) is 0 Å². The Hall–Kier alpha value is -2.35. The van der Waals surface area contributed by atoms with Crippen LogP contribution < -0.4 is 4.74 Å². The zero-order valence-corrected chi connectivity index (χ0v) is 24.1. The van der Waals surface area contributed by atoms with E-state index >= 15 is 0 Å². The van der Waals surface area contributed by atoms with Crippen molar-refractivity contribution >= 4 is 12.0 Å². The zero-order valence-electron chi connectivity index (χ0n) is 24.1. The molecule has 1 aromatic rings. The zero-order chi connectivity index (χ0) is 27.2. The number of hydrogen-bond acceptors (Lipinski definition) is 6. The fraction of sp³-hybridized carbons (Fsp3) is 0.774. The van der Waals surface area contributed by atoms with Gasteiger partial charge >= 0.3 is 6.09 Å².